The number of anilines is 1. The smallest absolute Gasteiger partial charge is 0.318 e. The first-order chi connectivity index (χ1) is 7.77. The van der Waals surface area contributed by atoms with Crippen molar-refractivity contribution in [2.24, 2.45) is 5.41 Å². The van der Waals surface area contributed by atoms with Gasteiger partial charge in [-0.15, -0.1) is 5.10 Å². The fourth-order valence-electron chi connectivity index (χ4n) is 1.41. The van der Waals surface area contributed by atoms with Crippen LogP contribution in [0.15, 0.2) is 4.42 Å². The van der Waals surface area contributed by atoms with Gasteiger partial charge >= 0.3 is 6.01 Å². The highest BCUT2D eigenvalue weighted by Gasteiger charge is 2.27. The molecule has 0 aliphatic carbocycles. The zero-order valence-corrected chi connectivity index (χ0v) is 11.9. The third-order valence-corrected chi connectivity index (χ3v) is 3.37. The molecule has 0 aromatic carbocycles. The van der Waals surface area contributed by atoms with Crippen LogP contribution in [0.2, 0.25) is 0 Å². The molecule has 1 rings (SSSR count). The van der Waals surface area contributed by atoms with Gasteiger partial charge in [-0.1, -0.05) is 25.9 Å². The first kappa shape index (κ1) is 14.0. The van der Waals surface area contributed by atoms with Crippen LogP contribution < -0.4 is 10.2 Å². The first-order valence-corrected chi connectivity index (χ1v) is 6.01. The zero-order valence-electron chi connectivity index (χ0n) is 11.9. The van der Waals surface area contributed by atoms with Gasteiger partial charge in [0, 0.05) is 13.1 Å². The lowest BCUT2D eigenvalue weighted by molar-refractivity contribution is 0.314. The lowest BCUT2D eigenvalue weighted by atomic mass is 9.87. The Bertz CT molecular complexity index is 356. The fraction of sp³-hybridized carbons (Fsp3) is 0.833. The Balaban J connectivity index is 2.83. The summed E-state index contributed by atoms with van der Waals surface area (Å²) < 4.78 is 5.66. The maximum Gasteiger partial charge on any atom is 0.318 e. The maximum absolute atomic E-state index is 5.66. The number of aromatic nitrogens is 2. The Kier molecular flexibility index (Phi) is 4.14. The van der Waals surface area contributed by atoms with E-state index < -0.39 is 0 Å². The van der Waals surface area contributed by atoms with Crippen LogP contribution in [0.5, 0.6) is 0 Å². The number of rotatable bonds is 4. The highest BCUT2D eigenvalue weighted by molar-refractivity contribution is 5.25. The van der Waals surface area contributed by atoms with E-state index in [0.717, 1.165) is 0 Å². The maximum atomic E-state index is 5.66. The van der Waals surface area contributed by atoms with Crippen molar-refractivity contribution in [1.82, 2.24) is 15.5 Å². The van der Waals surface area contributed by atoms with Gasteiger partial charge in [-0.3, -0.25) is 0 Å². The van der Waals surface area contributed by atoms with Crippen molar-refractivity contribution >= 4 is 6.01 Å². The molecule has 5 nitrogen and oxygen atoms in total. The van der Waals surface area contributed by atoms with Gasteiger partial charge in [0.2, 0.25) is 5.89 Å². The lowest BCUT2D eigenvalue weighted by Gasteiger charge is -2.34. The molecule has 0 aliphatic heterocycles. The molecule has 0 saturated carbocycles. The van der Waals surface area contributed by atoms with Crippen LogP contribution in [0.25, 0.3) is 0 Å². The molecule has 17 heavy (non-hydrogen) atoms. The van der Waals surface area contributed by atoms with Gasteiger partial charge in [-0.2, -0.15) is 0 Å². The van der Waals surface area contributed by atoms with E-state index in [9.17, 15) is 0 Å². The Hall–Kier alpha value is -1.10. The Morgan fingerprint density at radius 1 is 1.24 bits per heavy atom. The van der Waals surface area contributed by atoms with Gasteiger partial charge in [-0.05, 0) is 26.3 Å². The minimum Gasteiger partial charge on any atom is -0.406 e. The standard InChI is InChI=1S/C12H24N4O/c1-8(13-6)10-14-15-11(17-10)16(7)9(2)12(3,4)5/h8-9,13H,1-7H3. The molecule has 1 aromatic heterocycles. The predicted octanol–water partition coefficient (Wildman–Crippen LogP) is 2.22. The Labute approximate surface area is 104 Å². The van der Waals surface area contributed by atoms with Crippen molar-refractivity contribution in [3.8, 4) is 0 Å². The Morgan fingerprint density at radius 2 is 1.82 bits per heavy atom. The molecule has 5 heteroatoms. The summed E-state index contributed by atoms with van der Waals surface area (Å²) in [5, 5.41) is 11.2. The second-order valence-corrected chi connectivity index (χ2v) is 5.59. The topological polar surface area (TPSA) is 54.2 Å². The summed E-state index contributed by atoms with van der Waals surface area (Å²) in [6.07, 6.45) is 0. The van der Waals surface area contributed by atoms with E-state index in [1.807, 2.05) is 25.9 Å². The van der Waals surface area contributed by atoms with Gasteiger partial charge in [0.25, 0.3) is 0 Å². The fourth-order valence-corrected chi connectivity index (χ4v) is 1.41. The van der Waals surface area contributed by atoms with Gasteiger partial charge in [0.1, 0.15) is 0 Å². The molecule has 98 valence electrons. The van der Waals surface area contributed by atoms with Crippen molar-refractivity contribution in [3.05, 3.63) is 5.89 Å². The van der Waals surface area contributed by atoms with Crippen molar-refractivity contribution in [3.63, 3.8) is 0 Å². The third kappa shape index (κ3) is 3.19. The van der Waals surface area contributed by atoms with Crippen LogP contribution in [-0.2, 0) is 0 Å². The van der Waals surface area contributed by atoms with E-state index in [1.165, 1.54) is 0 Å². The number of hydrogen-bond donors (Lipinski definition) is 1. The molecule has 0 saturated heterocycles. The average molecular weight is 240 g/mol. The molecular formula is C12H24N4O. The minimum absolute atomic E-state index is 0.0783. The predicted molar refractivity (Wildman–Crippen MR) is 69.1 cm³/mol. The zero-order chi connectivity index (χ0) is 13.2. The van der Waals surface area contributed by atoms with Crippen LogP contribution in [0.3, 0.4) is 0 Å². The van der Waals surface area contributed by atoms with E-state index in [1.54, 1.807) is 0 Å². The van der Waals surface area contributed by atoms with Crippen LogP contribution >= 0.6 is 0 Å². The van der Waals surface area contributed by atoms with Gasteiger partial charge in [-0.25, -0.2) is 0 Å². The van der Waals surface area contributed by atoms with Crippen molar-refractivity contribution < 1.29 is 4.42 Å². The molecular weight excluding hydrogens is 216 g/mol. The molecule has 0 radical (unpaired) electrons. The van der Waals surface area contributed by atoms with Crippen LogP contribution in [-0.4, -0.2) is 30.3 Å². The quantitative estimate of drug-likeness (QED) is 0.874. The van der Waals surface area contributed by atoms with E-state index in [2.05, 4.69) is 43.2 Å². The third-order valence-electron chi connectivity index (χ3n) is 3.37. The molecule has 2 atom stereocenters. The van der Waals surface area contributed by atoms with Crippen molar-refractivity contribution in [2.75, 3.05) is 19.0 Å². The summed E-state index contributed by atoms with van der Waals surface area (Å²) in [4.78, 5) is 2.03. The lowest BCUT2D eigenvalue weighted by Crippen LogP contribution is -2.39. The summed E-state index contributed by atoms with van der Waals surface area (Å²) in [6.45, 7) is 10.7. The second-order valence-electron chi connectivity index (χ2n) is 5.59. The van der Waals surface area contributed by atoms with Crippen molar-refractivity contribution in [1.29, 1.82) is 0 Å². The average Bonchev–Trinajstić information content (AvgIpc) is 2.73. The highest BCUT2D eigenvalue weighted by Crippen LogP contribution is 2.27. The highest BCUT2D eigenvalue weighted by atomic mass is 16.4. The summed E-state index contributed by atoms with van der Waals surface area (Å²) in [7, 11) is 3.85. The SMILES string of the molecule is CNC(C)c1nnc(N(C)C(C)C(C)(C)C)o1. The molecule has 2 unspecified atom stereocenters. The Morgan fingerprint density at radius 3 is 2.29 bits per heavy atom. The van der Waals surface area contributed by atoms with Gasteiger partial charge in [0.05, 0.1) is 6.04 Å². The number of hydrogen-bond acceptors (Lipinski definition) is 5. The summed E-state index contributed by atoms with van der Waals surface area (Å²) in [6, 6.07) is 0.972. The molecule has 1 N–H and O–H groups in total. The van der Waals surface area contributed by atoms with Crippen LogP contribution in [0.4, 0.5) is 6.01 Å². The monoisotopic (exact) mass is 240 g/mol. The molecule has 0 spiro atoms. The van der Waals surface area contributed by atoms with Gasteiger partial charge in [0.15, 0.2) is 0 Å². The molecule has 0 bridgehead atoms. The van der Waals surface area contributed by atoms with E-state index in [4.69, 9.17) is 4.42 Å². The molecule has 0 fully saturated rings. The second kappa shape index (κ2) is 5.04. The van der Waals surface area contributed by atoms with E-state index in [0.29, 0.717) is 17.9 Å². The normalized spacial score (nSPS) is 15.7. The van der Waals surface area contributed by atoms with Crippen molar-refractivity contribution in [2.45, 2.75) is 46.7 Å². The number of nitrogens with one attached hydrogen (secondary N) is 1. The summed E-state index contributed by atoms with van der Waals surface area (Å²) in [5.41, 5.74) is 0.165. The molecule has 0 amide bonds. The largest absolute Gasteiger partial charge is 0.406 e. The molecule has 1 aromatic rings. The number of nitrogens with zero attached hydrogens (tertiary/aromatic N) is 3. The first-order valence-electron chi connectivity index (χ1n) is 6.01. The molecule has 0 aliphatic rings. The van der Waals surface area contributed by atoms with E-state index in [-0.39, 0.29) is 11.5 Å². The van der Waals surface area contributed by atoms with Crippen LogP contribution in [0.1, 0.15) is 46.6 Å². The van der Waals surface area contributed by atoms with E-state index >= 15 is 0 Å². The minimum atomic E-state index is 0.0783. The van der Waals surface area contributed by atoms with Crippen LogP contribution in [0, 0.1) is 5.41 Å². The summed E-state index contributed by atoms with van der Waals surface area (Å²) in [5.74, 6) is 0.621. The summed E-state index contributed by atoms with van der Waals surface area (Å²) >= 11 is 0. The van der Waals surface area contributed by atoms with Gasteiger partial charge < -0.3 is 14.6 Å². The molecule has 1 heterocycles.